The second-order valence-corrected chi connectivity index (χ2v) is 1.99. The van der Waals surface area contributed by atoms with Crippen molar-refractivity contribution in [2.45, 2.75) is 0 Å². The molecule has 1 aromatic carbocycles. The molecule has 3 heteroatoms. The van der Waals surface area contributed by atoms with Gasteiger partial charge in [-0.15, -0.1) is 0 Å². The van der Waals surface area contributed by atoms with Crippen molar-refractivity contribution in [2.24, 2.45) is 0 Å². The van der Waals surface area contributed by atoms with Gasteiger partial charge in [0.15, 0.2) is 0 Å². The fourth-order valence-electron chi connectivity index (χ4n) is 0.607. The van der Waals surface area contributed by atoms with Crippen LogP contribution in [-0.4, -0.2) is 6.69 Å². The average molecular weight is 142 g/mol. The van der Waals surface area contributed by atoms with Crippen LogP contribution in [0.5, 0.6) is 0 Å². The second-order valence-electron chi connectivity index (χ2n) is 1.73. The standard InChI is InChI=1S/C6H5BClF/c8-7-5-3-1-2-4-6(5)9/h1-4,7H. The van der Waals surface area contributed by atoms with Crippen LogP contribution >= 0.6 is 11.5 Å². The lowest BCUT2D eigenvalue weighted by atomic mass is 9.94. The maximum Gasteiger partial charge on any atom is 0.268 e. The minimum Gasteiger partial charge on any atom is -0.208 e. The third kappa shape index (κ3) is 1.45. The van der Waals surface area contributed by atoms with Crippen molar-refractivity contribution in [1.82, 2.24) is 0 Å². The lowest BCUT2D eigenvalue weighted by molar-refractivity contribution is 0.636. The van der Waals surface area contributed by atoms with E-state index in [1.165, 1.54) is 6.07 Å². The third-order valence-corrected chi connectivity index (χ3v) is 1.39. The molecule has 0 bridgehead atoms. The summed E-state index contributed by atoms with van der Waals surface area (Å²) >= 11 is 5.39. The largest absolute Gasteiger partial charge is 0.268 e. The summed E-state index contributed by atoms with van der Waals surface area (Å²) in [5, 5.41) is 0. The number of halogens is 2. The van der Waals surface area contributed by atoms with Crippen molar-refractivity contribution < 1.29 is 4.39 Å². The molecule has 0 radical (unpaired) electrons. The monoisotopic (exact) mass is 142 g/mol. The molecule has 0 aromatic heterocycles. The molecule has 0 saturated heterocycles. The summed E-state index contributed by atoms with van der Waals surface area (Å²) in [4.78, 5) is 0. The third-order valence-electron chi connectivity index (χ3n) is 1.10. The summed E-state index contributed by atoms with van der Waals surface area (Å²) in [5.74, 6) is -0.229. The zero-order valence-electron chi connectivity index (χ0n) is 4.77. The van der Waals surface area contributed by atoms with Gasteiger partial charge >= 0.3 is 0 Å². The van der Waals surface area contributed by atoms with Gasteiger partial charge < -0.3 is 0 Å². The lowest BCUT2D eigenvalue weighted by Gasteiger charge is -1.92. The Hall–Kier alpha value is -0.495. The Bertz CT molecular complexity index is 202. The molecule has 0 unspecified atom stereocenters. The van der Waals surface area contributed by atoms with E-state index in [4.69, 9.17) is 11.5 Å². The molecule has 46 valence electrons. The van der Waals surface area contributed by atoms with E-state index in [1.54, 1.807) is 18.2 Å². The number of hydrogen-bond donors (Lipinski definition) is 0. The molecule has 1 aromatic rings. The molecule has 0 heterocycles. The summed E-state index contributed by atoms with van der Waals surface area (Å²) < 4.78 is 12.5. The van der Waals surface area contributed by atoms with E-state index in [2.05, 4.69) is 0 Å². The molecule has 0 N–H and O–H groups in total. The van der Waals surface area contributed by atoms with Gasteiger partial charge in [-0.25, -0.2) is 4.39 Å². The van der Waals surface area contributed by atoms with Crippen molar-refractivity contribution in [3.8, 4) is 0 Å². The van der Waals surface area contributed by atoms with Gasteiger partial charge in [0.25, 0.3) is 6.69 Å². The minimum absolute atomic E-state index is 0.229. The molecule has 0 nitrogen and oxygen atoms in total. The number of hydrogen-bond acceptors (Lipinski definition) is 0. The van der Waals surface area contributed by atoms with Crippen molar-refractivity contribution in [3.63, 3.8) is 0 Å². The van der Waals surface area contributed by atoms with Gasteiger partial charge in [-0.1, -0.05) is 18.2 Å². The molecule has 0 amide bonds. The second kappa shape index (κ2) is 2.88. The first-order valence-electron chi connectivity index (χ1n) is 2.64. The summed E-state index contributed by atoms with van der Waals surface area (Å²) in [6.45, 7) is 0.243. The van der Waals surface area contributed by atoms with E-state index in [9.17, 15) is 4.39 Å². The highest BCUT2D eigenvalue weighted by Gasteiger charge is 1.97. The zero-order valence-corrected chi connectivity index (χ0v) is 5.53. The quantitative estimate of drug-likeness (QED) is 0.514. The van der Waals surface area contributed by atoms with Crippen LogP contribution in [0.4, 0.5) is 4.39 Å². The Morgan fingerprint density at radius 3 is 2.44 bits per heavy atom. The van der Waals surface area contributed by atoms with Gasteiger partial charge in [0.05, 0.1) is 0 Å². The van der Waals surface area contributed by atoms with Crippen molar-refractivity contribution in [2.75, 3.05) is 0 Å². The van der Waals surface area contributed by atoms with E-state index in [0.717, 1.165) is 0 Å². The Morgan fingerprint density at radius 1 is 1.33 bits per heavy atom. The van der Waals surface area contributed by atoms with Gasteiger partial charge in [0.1, 0.15) is 5.82 Å². The van der Waals surface area contributed by atoms with E-state index >= 15 is 0 Å². The normalized spacial score (nSPS) is 9.11. The predicted octanol–water partition coefficient (Wildman–Crippen LogP) is 1.04. The van der Waals surface area contributed by atoms with Crippen LogP contribution in [0.15, 0.2) is 24.3 Å². The van der Waals surface area contributed by atoms with Crippen LogP contribution in [0.25, 0.3) is 0 Å². The van der Waals surface area contributed by atoms with Gasteiger partial charge in [-0.05, 0) is 11.5 Å². The van der Waals surface area contributed by atoms with Crippen LogP contribution in [-0.2, 0) is 0 Å². The molecular weight excluding hydrogens is 137 g/mol. The first-order valence-corrected chi connectivity index (χ1v) is 3.17. The maximum absolute atomic E-state index is 12.5. The van der Waals surface area contributed by atoms with Gasteiger partial charge in [0, 0.05) is 0 Å². The number of benzene rings is 1. The van der Waals surface area contributed by atoms with Crippen LogP contribution in [0, 0.1) is 5.82 Å². The summed E-state index contributed by atoms with van der Waals surface area (Å²) in [6.07, 6.45) is 0. The highest BCUT2D eigenvalue weighted by Crippen LogP contribution is 1.91. The van der Waals surface area contributed by atoms with E-state index in [-0.39, 0.29) is 12.5 Å². The molecule has 0 saturated carbocycles. The molecule has 0 spiro atoms. The predicted molar refractivity (Wildman–Crippen MR) is 39.0 cm³/mol. The number of rotatable bonds is 1. The molecule has 0 aliphatic heterocycles. The Morgan fingerprint density at radius 2 is 2.00 bits per heavy atom. The molecule has 0 fully saturated rings. The SMILES string of the molecule is Fc1ccccc1BCl. The van der Waals surface area contributed by atoms with Crippen molar-refractivity contribution in [1.29, 1.82) is 0 Å². The Balaban J connectivity index is 3.01. The molecular formula is C6H5BClF. The van der Waals surface area contributed by atoms with E-state index < -0.39 is 0 Å². The summed E-state index contributed by atoms with van der Waals surface area (Å²) in [5.41, 5.74) is 0.555. The molecule has 0 aliphatic carbocycles. The Kier molecular flexibility index (Phi) is 2.12. The van der Waals surface area contributed by atoms with Crippen molar-refractivity contribution in [3.05, 3.63) is 30.1 Å². The summed E-state index contributed by atoms with van der Waals surface area (Å²) in [7, 11) is 0. The smallest absolute Gasteiger partial charge is 0.208 e. The zero-order chi connectivity index (χ0) is 6.69. The first kappa shape index (κ1) is 6.62. The molecule has 0 atom stereocenters. The van der Waals surface area contributed by atoms with Crippen LogP contribution < -0.4 is 5.46 Å². The van der Waals surface area contributed by atoms with Crippen LogP contribution in [0.3, 0.4) is 0 Å². The van der Waals surface area contributed by atoms with Crippen LogP contribution in [0.2, 0.25) is 0 Å². The molecule has 9 heavy (non-hydrogen) atoms. The molecule has 1 rings (SSSR count). The van der Waals surface area contributed by atoms with E-state index in [1.807, 2.05) is 0 Å². The van der Waals surface area contributed by atoms with Crippen molar-refractivity contribution >= 4 is 23.6 Å². The first-order chi connectivity index (χ1) is 4.34. The average Bonchev–Trinajstić information content (AvgIpc) is 1.89. The lowest BCUT2D eigenvalue weighted by Crippen LogP contribution is -2.12. The van der Waals surface area contributed by atoms with Gasteiger partial charge in [-0.2, -0.15) is 11.5 Å². The minimum atomic E-state index is -0.229. The molecule has 0 aliphatic rings. The maximum atomic E-state index is 12.5. The summed E-state index contributed by atoms with van der Waals surface area (Å²) in [6, 6.07) is 6.48. The van der Waals surface area contributed by atoms with E-state index in [0.29, 0.717) is 5.46 Å². The fraction of sp³-hybridized carbons (Fsp3) is 0. The fourth-order valence-corrected chi connectivity index (χ4v) is 0.824. The van der Waals surface area contributed by atoms with Crippen LogP contribution in [0.1, 0.15) is 0 Å². The van der Waals surface area contributed by atoms with Gasteiger partial charge in [0.2, 0.25) is 0 Å². The highest BCUT2D eigenvalue weighted by molar-refractivity contribution is 7.01. The Labute approximate surface area is 58.8 Å². The highest BCUT2D eigenvalue weighted by atomic mass is 35.5. The van der Waals surface area contributed by atoms with Gasteiger partial charge in [-0.3, -0.25) is 0 Å². The topological polar surface area (TPSA) is 0 Å².